The molecule has 2 saturated heterocycles. The molecule has 0 amide bonds. The molecule has 128 valence electrons. The van der Waals surface area contributed by atoms with Crippen molar-refractivity contribution in [1.29, 1.82) is 0 Å². The van der Waals surface area contributed by atoms with Crippen LogP contribution in [0.25, 0.3) is 0 Å². The summed E-state index contributed by atoms with van der Waals surface area (Å²) in [7, 11) is 2.18. The Morgan fingerprint density at radius 3 is 2.48 bits per heavy atom. The lowest BCUT2D eigenvalue weighted by Crippen LogP contribution is -2.41. The van der Waals surface area contributed by atoms with Crippen molar-refractivity contribution in [2.24, 2.45) is 7.05 Å². The van der Waals surface area contributed by atoms with E-state index in [1.54, 1.807) is 0 Å². The molecule has 1 unspecified atom stereocenters. The Balaban J connectivity index is 1.43. The van der Waals surface area contributed by atoms with Crippen molar-refractivity contribution in [2.75, 3.05) is 26.2 Å². The SMILES string of the molecule is Cn1c(CN2CCCC2)nnc1C1CCCN(C2CCCC2)C1. The van der Waals surface area contributed by atoms with Gasteiger partial charge in [0.15, 0.2) is 0 Å². The minimum atomic E-state index is 0.578. The van der Waals surface area contributed by atoms with E-state index < -0.39 is 0 Å². The number of hydrogen-bond donors (Lipinski definition) is 0. The van der Waals surface area contributed by atoms with Gasteiger partial charge in [0.25, 0.3) is 0 Å². The lowest BCUT2D eigenvalue weighted by atomic mass is 9.95. The molecule has 3 aliphatic rings. The van der Waals surface area contributed by atoms with Crippen LogP contribution in [-0.2, 0) is 13.6 Å². The molecule has 0 aromatic carbocycles. The first-order chi connectivity index (χ1) is 11.3. The predicted molar refractivity (Wildman–Crippen MR) is 91.3 cm³/mol. The maximum atomic E-state index is 4.60. The van der Waals surface area contributed by atoms with Gasteiger partial charge in [-0.2, -0.15) is 0 Å². The molecular weight excluding hydrogens is 286 g/mol. The molecule has 0 spiro atoms. The number of nitrogens with zero attached hydrogens (tertiary/aromatic N) is 5. The summed E-state index contributed by atoms with van der Waals surface area (Å²) >= 11 is 0. The topological polar surface area (TPSA) is 37.2 Å². The third-order valence-electron chi connectivity index (χ3n) is 6.22. The molecule has 23 heavy (non-hydrogen) atoms. The van der Waals surface area contributed by atoms with Gasteiger partial charge in [0.1, 0.15) is 11.6 Å². The van der Waals surface area contributed by atoms with Gasteiger partial charge in [0.05, 0.1) is 6.54 Å². The molecule has 1 atom stereocenters. The number of hydrogen-bond acceptors (Lipinski definition) is 4. The van der Waals surface area contributed by atoms with Crippen LogP contribution in [0.5, 0.6) is 0 Å². The van der Waals surface area contributed by atoms with Crippen LogP contribution in [-0.4, -0.2) is 56.8 Å². The number of likely N-dealkylation sites (tertiary alicyclic amines) is 2. The molecule has 1 saturated carbocycles. The summed E-state index contributed by atoms with van der Waals surface area (Å²) in [5.41, 5.74) is 0. The van der Waals surface area contributed by atoms with Gasteiger partial charge in [-0.05, 0) is 58.2 Å². The van der Waals surface area contributed by atoms with Crippen molar-refractivity contribution < 1.29 is 0 Å². The van der Waals surface area contributed by atoms with Crippen LogP contribution in [0.15, 0.2) is 0 Å². The summed E-state index contributed by atoms with van der Waals surface area (Å²) in [6.07, 6.45) is 10.9. The lowest BCUT2D eigenvalue weighted by molar-refractivity contribution is 0.146. The fourth-order valence-electron chi connectivity index (χ4n) is 4.83. The van der Waals surface area contributed by atoms with Crippen molar-refractivity contribution in [3.05, 3.63) is 11.6 Å². The van der Waals surface area contributed by atoms with E-state index in [2.05, 4.69) is 31.6 Å². The Hall–Kier alpha value is -0.940. The number of aromatic nitrogens is 3. The molecule has 0 bridgehead atoms. The van der Waals surface area contributed by atoms with E-state index in [1.807, 2.05) is 0 Å². The van der Waals surface area contributed by atoms with Crippen LogP contribution >= 0.6 is 0 Å². The molecule has 1 aromatic rings. The van der Waals surface area contributed by atoms with Crippen LogP contribution < -0.4 is 0 Å². The second-order valence-corrected chi connectivity index (χ2v) is 7.79. The average molecular weight is 317 g/mol. The second-order valence-electron chi connectivity index (χ2n) is 7.79. The van der Waals surface area contributed by atoms with E-state index in [0.29, 0.717) is 5.92 Å². The first-order valence-electron chi connectivity index (χ1n) is 9.66. The molecule has 1 aromatic heterocycles. The fraction of sp³-hybridized carbons (Fsp3) is 0.889. The molecule has 1 aliphatic carbocycles. The first-order valence-corrected chi connectivity index (χ1v) is 9.66. The van der Waals surface area contributed by atoms with Crippen molar-refractivity contribution >= 4 is 0 Å². The highest BCUT2D eigenvalue weighted by atomic mass is 15.3. The number of piperidine rings is 1. The van der Waals surface area contributed by atoms with Crippen LogP contribution in [0, 0.1) is 0 Å². The van der Waals surface area contributed by atoms with Gasteiger partial charge in [-0.25, -0.2) is 0 Å². The first kappa shape index (κ1) is 15.6. The van der Waals surface area contributed by atoms with Crippen molar-refractivity contribution in [2.45, 2.75) is 69.9 Å². The monoisotopic (exact) mass is 317 g/mol. The number of rotatable bonds is 4. The molecule has 5 nitrogen and oxygen atoms in total. The molecule has 5 heteroatoms. The zero-order valence-electron chi connectivity index (χ0n) is 14.6. The molecule has 2 aliphatic heterocycles. The molecular formula is C18H31N5. The van der Waals surface area contributed by atoms with E-state index in [9.17, 15) is 0 Å². The van der Waals surface area contributed by atoms with Gasteiger partial charge in [0.2, 0.25) is 0 Å². The van der Waals surface area contributed by atoms with E-state index >= 15 is 0 Å². The molecule has 3 heterocycles. The summed E-state index contributed by atoms with van der Waals surface area (Å²) in [4.78, 5) is 5.26. The Morgan fingerprint density at radius 1 is 0.913 bits per heavy atom. The van der Waals surface area contributed by atoms with Gasteiger partial charge in [-0.3, -0.25) is 9.80 Å². The summed E-state index contributed by atoms with van der Waals surface area (Å²) in [5.74, 6) is 2.95. The largest absolute Gasteiger partial charge is 0.317 e. The summed E-state index contributed by atoms with van der Waals surface area (Å²) in [6.45, 7) is 5.91. The zero-order valence-corrected chi connectivity index (χ0v) is 14.6. The molecule has 3 fully saturated rings. The minimum Gasteiger partial charge on any atom is -0.317 e. The fourth-order valence-corrected chi connectivity index (χ4v) is 4.83. The van der Waals surface area contributed by atoms with Gasteiger partial charge in [-0.1, -0.05) is 12.8 Å². The Kier molecular flexibility index (Phi) is 4.67. The van der Waals surface area contributed by atoms with Crippen LogP contribution in [0.2, 0.25) is 0 Å². The smallest absolute Gasteiger partial charge is 0.146 e. The third-order valence-corrected chi connectivity index (χ3v) is 6.22. The van der Waals surface area contributed by atoms with Crippen molar-refractivity contribution in [3.63, 3.8) is 0 Å². The van der Waals surface area contributed by atoms with Crippen LogP contribution in [0.4, 0.5) is 0 Å². The summed E-state index contributed by atoms with van der Waals surface area (Å²) in [6, 6.07) is 0.843. The highest BCUT2D eigenvalue weighted by Gasteiger charge is 2.31. The lowest BCUT2D eigenvalue weighted by Gasteiger charge is -2.36. The van der Waals surface area contributed by atoms with Gasteiger partial charge in [-0.15, -0.1) is 10.2 Å². The highest BCUT2D eigenvalue weighted by molar-refractivity contribution is 5.05. The van der Waals surface area contributed by atoms with E-state index in [-0.39, 0.29) is 0 Å². The predicted octanol–water partition coefficient (Wildman–Crippen LogP) is 2.53. The third kappa shape index (κ3) is 3.31. The highest BCUT2D eigenvalue weighted by Crippen LogP contribution is 2.31. The van der Waals surface area contributed by atoms with Crippen LogP contribution in [0.1, 0.15) is 68.9 Å². The van der Waals surface area contributed by atoms with E-state index in [4.69, 9.17) is 0 Å². The minimum absolute atomic E-state index is 0.578. The van der Waals surface area contributed by atoms with Crippen molar-refractivity contribution in [3.8, 4) is 0 Å². The second kappa shape index (κ2) is 6.89. The maximum Gasteiger partial charge on any atom is 0.146 e. The summed E-state index contributed by atoms with van der Waals surface area (Å²) < 4.78 is 2.29. The average Bonchev–Trinajstić information content (AvgIpc) is 3.32. The van der Waals surface area contributed by atoms with Crippen molar-refractivity contribution in [1.82, 2.24) is 24.6 Å². The van der Waals surface area contributed by atoms with Crippen LogP contribution in [0.3, 0.4) is 0 Å². The Bertz CT molecular complexity index is 513. The Labute approximate surface area is 140 Å². The maximum absolute atomic E-state index is 4.60. The molecule has 0 radical (unpaired) electrons. The van der Waals surface area contributed by atoms with E-state index in [0.717, 1.165) is 18.4 Å². The molecule has 0 N–H and O–H groups in total. The quantitative estimate of drug-likeness (QED) is 0.855. The normalized spacial score (nSPS) is 28.0. The summed E-state index contributed by atoms with van der Waals surface area (Å²) in [5, 5.41) is 9.13. The van der Waals surface area contributed by atoms with Gasteiger partial charge in [0, 0.05) is 25.6 Å². The Morgan fingerprint density at radius 2 is 1.70 bits per heavy atom. The molecule has 4 rings (SSSR count). The zero-order chi connectivity index (χ0) is 15.6. The standard InChI is InChI=1S/C18H31N5/c1-21-17(14-22-10-4-5-11-22)19-20-18(21)15-7-6-12-23(13-15)16-8-2-3-9-16/h15-16H,2-14H2,1H3. The van der Waals surface area contributed by atoms with Gasteiger partial charge < -0.3 is 4.57 Å². The van der Waals surface area contributed by atoms with E-state index in [1.165, 1.54) is 83.4 Å². The van der Waals surface area contributed by atoms with Gasteiger partial charge >= 0.3 is 0 Å².